The fourth-order valence-corrected chi connectivity index (χ4v) is 10.2. The van der Waals surface area contributed by atoms with Crippen molar-refractivity contribution in [1.82, 2.24) is 5.32 Å². The minimum absolute atomic E-state index is 0.111. The van der Waals surface area contributed by atoms with Gasteiger partial charge >= 0.3 is 12.1 Å². The molecule has 3 aromatic carbocycles. The van der Waals surface area contributed by atoms with Crippen molar-refractivity contribution in [2.24, 2.45) is 5.41 Å². The largest absolute Gasteiger partial charge is 0.481 e. The Kier molecular flexibility index (Phi) is 10.3. The van der Waals surface area contributed by atoms with E-state index in [1.54, 1.807) is 0 Å². The predicted molar refractivity (Wildman–Crippen MR) is 162 cm³/mol. The average molecular weight is 562 g/mol. The highest BCUT2D eigenvalue weighted by atomic mass is 28.4. The van der Waals surface area contributed by atoms with Gasteiger partial charge in [0.25, 0.3) is 8.32 Å². The van der Waals surface area contributed by atoms with Crippen LogP contribution >= 0.6 is 0 Å². The maximum Gasteiger partial charge on any atom is 0.407 e. The van der Waals surface area contributed by atoms with E-state index < -0.39 is 37.9 Å². The fourth-order valence-electron chi connectivity index (χ4n) is 5.24. The molecular weight excluding hydrogens is 518 g/mol. The van der Waals surface area contributed by atoms with Crippen LogP contribution in [0.5, 0.6) is 0 Å². The van der Waals surface area contributed by atoms with E-state index in [1.807, 2.05) is 66.7 Å². The van der Waals surface area contributed by atoms with E-state index in [1.165, 1.54) is 0 Å². The first-order chi connectivity index (χ1) is 18.8. The second kappa shape index (κ2) is 13.3. The third-order valence-corrected chi connectivity index (χ3v) is 12.1. The van der Waals surface area contributed by atoms with Crippen LogP contribution in [0, 0.1) is 5.41 Å². The molecule has 0 bridgehead atoms. The summed E-state index contributed by atoms with van der Waals surface area (Å²) in [4.78, 5) is 24.8. The first kappa shape index (κ1) is 31.1. The minimum Gasteiger partial charge on any atom is -0.481 e. The van der Waals surface area contributed by atoms with Crippen molar-refractivity contribution in [3.8, 4) is 0 Å². The fraction of sp³-hybridized carbons (Fsp3) is 0.394. The number of carbonyl (C=O) groups is 2. The molecule has 2 N–H and O–H groups in total. The molecule has 0 spiro atoms. The van der Waals surface area contributed by atoms with Gasteiger partial charge < -0.3 is 19.6 Å². The van der Waals surface area contributed by atoms with Crippen molar-refractivity contribution in [2.75, 3.05) is 0 Å². The average Bonchev–Trinajstić information content (AvgIpc) is 2.91. The second-order valence-electron chi connectivity index (χ2n) is 12.3. The number of carboxylic acid groups (broad SMARTS) is 1. The topological polar surface area (TPSA) is 84.9 Å². The van der Waals surface area contributed by atoms with Crippen molar-refractivity contribution in [1.29, 1.82) is 0 Å². The molecule has 0 aromatic heterocycles. The molecule has 1 amide bonds. The van der Waals surface area contributed by atoms with Gasteiger partial charge in [-0.25, -0.2) is 4.79 Å². The summed E-state index contributed by atoms with van der Waals surface area (Å²) in [6, 6.07) is 29.5. The molecule has 0 saturated heterocycles. The van der Waals surface area contributed by atoms with E-state index in [0.29, 0.717) is 0 Å². The third kappa shape index (κ3) is 7.83. The molecule has 7 heteroatoms. The smallest absolute Gasteiger partial charge is 0.407 e. The summed E-state index contributed by atoms with van der Waals surface area (Å²) in [6.07, 6.45) is -1.02. The number of carbonyl (C=O) groups excluding carboxylic acids is 1. The summed E-state index contributed by atoms with van der Waals surface area (Å²) in [6.45, 7) is 12.9. The number of carboxylic acids is 1. The quantitative estimate of drug-likeness (QED) is 0.275. The molecule has 0 aliphatic rings. The first-order valence-corrected chi connectivity index (χ1v) is 15.7. The molecule has 0 fully saturated rings. The van der Waals surface area contributed by atoms with Crippen LogP contribution in [0.25, 0.3) is 0 Å². The van der Waals surface area contributed by atoms with Gasteiger partial charge in [-0.05, 0) is 32.8 Å². The van der Waals surface area contributed by atoms with E-state index in [2.05, 4.69) is 71.1 Å². The SMILES string of the molecule is CC(C)(C)C(O[Si](c1ccccc1)(c1ccccc1)C(C)(C)C)[C@H](CCC(=O)O)NC(=O)OCc1ccccc1. The zero-order valence-corrected chi connectivity index (χ0v) is 25.5. The Balaban J connectivity index is 2.06. The minimum atomic E-state index is -3.00. The Morgan fingerprint density at radius 1 is 0.800 bits per heavy atom. The summed E-state index contributed by atoms with van der Waals surface area (Å²) in [7, 11) is -3.00. The van der Waals surface area contributed by atoms with Crippen LogP contribution in [0.1, 0.15) is 59.9 Å². The van der Waals surface area contributed by atoms with Crippen LogP contribution in [0.4, 0.5) is 4.79 Å². The summed E-state index contributed by atoms with van der Waals surface area (Å²) in [5, 5.41) is 14.5. The molecule has 2 atom stereocenters. The van der Waals surface area contributed by atoms with E-state index in [-0.39, 0.29) is 24.5 Å². The van der Waals surface area contributed by atoms with Crippen molar-refractivity contribution in [2.45, 2.75) is 78.2 Å². The number of nitrogens with one attached hydrogen (secondary N) is 1. The number of rotatable bonds is 11. The van der Waals surface area contributed by atoms with E-state index in [9.17, 15) is 14.7 Å². The van der Waals surface area contributed by atoms with Crippen LogP contribution < -0.4 is 15.7 Å². The number of aliphatic carboxylic acids is 1. The monoisotopic (exact) mass is 561 g/mol. The van der Waals surface area contributed by atoms with Gasteiger partial charge in [0.2, 0.25) is 0 Å². The van der Waals surface area contributed by atoms with Gasteiger partial charge in [-0.3, -0.25) is 4.79 Å². The normalized spacial score (nSPS) is 13.8. The lowest BCUT2D eigenvalue weighted by Gasteiger charge is -2.49. The lowest BCUT2D eigenvalue weighted by molar-refractivity contribution is -0.137. The van der Waals surface area contributed by atoms with Crippen molar-refractivity contribution in [3.63, 3.8) is 0 Å². The molecule has 0 heterocycles. The Morgan fingerprint density at radius 3 is 1.70 bits per heavy atom. The van der Waals surface area contributed by atoms with Crippen molar-refractivity contribution >= 4 is 30.8 Å². The molecule has 3 aromatic rings. The molecule has 0 aliphatic heterocycles. The van der Waals surface area contributed by atoms with E-state index in [0.717, 1.165) is 15.9 Å². The van der Waals surface area contributed by atoms with Crippen LogP contribution in [0.3, 0.4) is 0 Å². The molecule has 1 unspecified atom stereocenters. The number of alkyl carbamates (subject to hydrolysis) is 1. The number of benzene rings is 3. The molecule has 3 rings (SSSR count). The Morgan fingerprint density at radius 2 is 1.27 bits per heavy atom. The summed E-state index contributed by atoms with van der Waals surface area (Å²) in [5.41, 5.74) is 0.429. The number of hydrogen-bond acceptors (Lipinski definition) is 4. The second-order valence-corrected chi connectivity index (χ2v) is 16.6. The van der Waals surface area contributed by atoms with Gasteiger partial charge in [-0.1, -0.05) is 133 Å². The zero-order chi connectivity index (χ0) is 29.4. The molecule has 0 aliphatic carbocycles. The van der Waals surface area contributed by atoms with Crippen molar-refractivity contribution in [3.05, 3.63) is 96.6 Å². The van der Waals surface area contributed by atoms with Gasteiger partial charge in [-0.15, -0.1) is 0 Å². The third-order valence-electron chi connectivity index (χ3n) is 7.12. The molecule has 6 nitrogen and oxygen atoms in total. The molecule has 0 saturated carbocycles. The van der Waals surface area contributed by atoms with Gasteiger partial charge in [0.15, 0.2) is 0 Å². The molecule has 0 radical (unpaired) electrons. The van der Waals surface area contributed by atoms with Crippen LogP contribution in [0.15, 0.2) is 91.0 Å². The van der Waals surface area contributed by atoms with E-state index >= 15 is 0 Å². The summed E-state index contributed by atoms with van der Waals surface area (Å²) < 4.78 is 13.0. The van der Waals surface area contributed by atoms with Crippen LogP contribution in [-0.4, -0.2) is 37.6 Å². The molecule has 40 heavy (non-hydrogen) atoms. The van der Waals surface area contributed by atoms with Crippen LogP contribution in [0.2, 0.25) is 5.04 Å². The van der Waals surface area contributed by atoms with E-state index in [4.69, 9.17) is 9.16 Å². The van der Waals surface area contributed by atoms with Gasteiger partial charge in [0.1, 0.15) is 6.61 Å². The van der Waals surface area contributed by atoms with Gasteiger partial charge in [0, 0.05) is 6.42 Å². The Labute approximate surface area is 239 Å². The highest BCUT2D eigenvalue weighted by Gasteiger charge is 2.53. The standard InChI is InChI=1S/C33H43NO5Si/c1-32(2,3)30(28(22-23-29(35)36)34-31(37)38-24-25-16-10-7-11-17-25)39-40(33(4,5)6,26-18-12-8-13-19-26)27-20-14-9-15-21-27/h7-21,28,30H,22-24H2,1-6H3,(H,34,37)(H,35,36)/t28-,30?/m0/s1. The Hall–Kier alpha value is -3.42. The Bertz CT molecular complexity index is 1180. The highest BCUT2D eigenvalue weighted by Crippen LogP contribution is 2.41. The summed E-state index contributed by atoms with van der Waals surface area (Å²) in [5.74, 6) is -0.928. The first-order valence-electron chi connectivity index (χ1n) is 13.8. The maximum atomic E-state index is 13.1. The molecule has 214 valence electrons. The number of amides is 1. The van der Waals surface area contributed by atoms with Gasteiger partial charge in [-0.2, -0.15) is 0 Å². The predicted octanol–water partition coefficient (Wildman–Crippen LogP) is 6.14. The lowest BCUT2D eigenvalue weighted by Crippen LogP contribution is -2.70. The zero-order valence-electron chi connectivity index (χ0n) is 24.5. The summed E-state index contributed by atoms with van der Waals surface area (Å²) >= 11 is 0. The van der Waals surface area contributed by atoms with Crippen molar-refractivity contribution < 1.29 is 23.9 Å². The van der Waals surface area contributed by atoms with Crippen LogP contribution in [-0.2, 0) is 20.6 Å². The highest BCUT2D eigenvalue weighted by molar-refractivity contribution is 6.99. The molecular formula is C33H43NO5Si. The maximum absolute atomic E-state index is 13.1. The number of ether oxygens (including phenoxy) is 1. The van der Waals surface area contributed by atoms with Gasteiger partial charge in [0.05, 0.1) is 12.1 Å². The lowest BCUT2D eigenvalue weighted by atomic mass is 9.83. The number of hydrogen-bond donors (Lipinski definition) is 2.